The summed E-state index contributed by atoms with van der Waals surface area (Å²) in [6, 6.07) is 51.2. The number of rotatable bonds is 6. The van der Waals surface area contributed by atoms with Crippen molar-refractivity contribution in [1.29, 1.82) is 0 Å². The predicted molar refractivity (Wildman–Crippen MR) is 225 cm³/mol. The van der Waals surface area contributed by atoms with Crippen molar-refractivity contribution in [3.8, 4) is 39.5 Å². The molecule has 0 saturated carbocycles. The molecular weight excluding hydrogens is 849 g/mol. The molecule has 3 heterocycles. The van der Waals surface area contributed by atoms with Gasteiger partial charge in [-0.25, -0.2) is 0 Å². The summed E-state index contributed by atoms with van der Waals surface area (Å²) in [5.41, 5.74) is 14.5. The summed E-state index contributed by atoms with van der Waals surface area (Å²) in [7, 11) is 0. The van der Waals surface area contributed by atoms with Gasteiger partial charge in [-0.05, 0) is 82.6 Å². The fourth-order valence-electron chi connectivity index (χ4n) is 7.76. The molecule has 0 saturated heterocycles. The van der Waals surface area contributed by atoms with Crippen LogP contribution in [0.2, 0.25) is 0 Å². The van der Waals surface area contributed by atoms with E-state index in [-0.39, 0.29) is 20.1 Å². The van der Waals surface area contributed by atoms with Crippen LogP contribution in [0.3, 0.4) is 0 Å². The fourth-order valence-corrected chi connectivity index (χ4v) is 7.76. The van der Waals surface area contributed by atoms with E-state index in [4.69, 9.17) is 4.98 Å². The Morgan fingerprint density at radius 3 is 1.96 bits per heavy atom. The van der Waals surface area contributed by atoms with Crippen LogP contribution in [0.15, 0.2) is 146 Å². The number of para-hydroxylation sites is 1. The molecule has 0 spiro atoms. The topological polar surface area (TPSA) is 35.1 Å². The van der Waals surface area contributed by atoms with Crippen molar-refractivity contribution in [3.63, 3.8) is 0 Å². The minimum Gasteiger partial charge on any atom is -0.340 e. The first-order valence-corrected chi connectivity index (χ1v) is 18.8. The summed E-state index contributed by atoms with van der Waals surface area (Å²) >= 11 is 0. The Bertz CT molecular complexity index is 2690. The van der Waals surface area contributed by atoms with Gasteiger partial charge in [0, 0.05) is 55.5 Å². The Morgan fingerprint density at radius 2 is 1.27 bits per heavy atom. The van der Waals surface area contributed by atoms with Crippen molar-refractivity contribution in [3.05, 3.63) is 180 Å². The molecule has 55 heavy (non-hydrogen) atoms. The van der Waals surface area contributed by atoms with Gasteiger partial charge in [-0.3, -0.25) is 9.97 Å². The van der Waals surface area contributed by atoms with Gasteiger partial charge < -0.3 is 8.97 Å². The molecule has 0 aliphatic heterocycles. The zero-order valence-corrected chi connectivity index (χ0v) is 34.5. The summed E-state index contributed by atoms with van der Waals surface area (Å²) in [6.07, 6.45) is 5.96. The van der Waals surface area contributed by atoms with Crippen molar-refractivity contribution in [1.82, 2.24) is 18.9 Å². The van der Waals surface area contributed by atoms with Crippen LogP contribution in [-0.2, 0) is 20.1 Å². The molecular formula is C50H44IrN4-2. The second kappa shape index (κ2) is 16.0. The van der Waals surface area contributed by atoms with Crippen LogP contribution < -0.4 is 0 Å². The number of nitrogens with zero attached hydrogens (tertiary/aromatic N) is 4. The molecule has 0 bridgehead atoms. The Labute approximate surface area is 337 Å². The van der Waals surface area contributed by atoms with E-state index in [9.17, 15) is 0 Å². The Hall–Kier alpha value is -5.61. The predicted octanol–water partition coefficient (Wildman–Crippen LogP) is 13.0. The second-order valence-electron chi connectivity index (χ2n) is 14.6. The average molecular weight is 893 g/mol. The zero-order chi connectivity index (χ0) is 37.3. The molecule has 4 nitrogen and oxygen atoms in total. The smallest absolute Gasteiger partial charge is 0.0639 e. The van der Waals surface area contributed by atoms with E-state index in [0.717, 1.165) is 28.1 Å². The van der Waals surface area contributed by atoms with Crippen molar-refractivity contribution in [2.24, 2.45) is 0 Å². The summed E-state index contributed by atoms with van der Waals surface area (Å²) in [5, 5.41) is 3.50. The van der Waals surface area contributed by atoms with E-state index < -0.39 is 0 Å². The van der Waals surface area contributed by atoms with Gasteiger partial charge in [0.05, 0.1) is 17.2 Å². The molecule has 9 rings (SSSR count). The van der Waals surface area contributed by atoms with Crippen LogP contribution in [0.1, 0.15) is 61.8 Å². The Morgan fingerprint density at radius 1 is 0.618 bits per heavy atom. The van der Waals surface area contributed by atoms with Gasteiger partial charge in [0.25, 0.3) is 0 Å². The average Bonchev–Trinajstić information content (AvgIpc) is 3.87. The van der Waals surface area contributed by atoms with Crippen LogP contribution in [0, 0.1) is 26.0 Å². The molecule has 6 aromatic carbocycles. The summed E-state index contributed by atoms with van der Waals surface area (Å²) in [5.74, 6) is 1.71. The number of aryl methyl sites for hydroxylation is 2. The molecule has 0 atom stereocenters. The number of benzene rings is 6. The van der Waals surface area contributed by atoms with Gasteiger partial charge in [-0.1, -0.05) is 99.8 Å². The van der Waals surface area contributed by atoms with Crippen LogP contribution in [0.4, 0.5) is 0 Å². The van der Waals surface area contributed by atoms with Crippen molar-refractivity contribution in [2.75, 3.05) is 0 Å². The maximum atomic E-state index is 4.79. The first-order valence-electron chi connectivity index (χ1n) is 18.8. The van der Waals surface area contributed by atoms with E-state index in [2.05, 4.69) is 171 Å². The van der Waals surface area contributed by atoms with E-state index in [1.54, 1.807) is 0 Å². The van der Waals surface area contributed by atoms with Gasteiger partial charge in [0.15, 0.2) is 0 Å². The van der Waals surface area contributed by atoms with Gasteiger partial charge in [0.2, 0.25) is 0 Å². The number of imidazole rings is 2. The summed E-state index contributed by atoms with van der Waals surface area (Å²) < 4.78 is 4.52. The fraction of sp³-hybridized carbons (Fsp3) is 0.160. The Balaban J connectivity index is 0.000000168. The van der Waals surface area contributed by atoms with Gasteiger partial charge in [-0.2, -0.15) is 0 Å². The largest absolute Gasteiger partial charge is 0.340 e. The molecule has 0 aliphatic carbocycles. The van der Waals surface area contributed by atoms with Crippen LogP contribution in [0.25, 0.3) is 66.8 Å². The van der Waals surface area contributed by atoms with Crippen molar-refractivity contribution < 1.29 is 20.1 Å². The first kappa shape index (κ1) is 37.7. The quantitative estimate of drug-likeness (QED) is 0.123. The third-order valence-electron chi connectivity index (χ3n) is 10.4. The minimum atomic E-state index is 0. The van der Waals surface area contributed by atoms with Gasteiger partial charge >= 0.3 is 0 Å². The van der Waals surface area contributed by atoms with Crippen LogP contribution in [0.5, 0.6) is 0 Å². The van der Waals surface area contributed by atoms with Gasteiger partial charge in [0.1, 0.15) is 0 Å². The molecule has 5 heteroatoms. The molecule has 0 N–H and O–H groups in total. The third-order valence-corrected chi connectivity index (χ3v) is 10.4. The molecule has 9 aromatic rings. The van der Waals surface area contributed by atoms with Crippen LogP contribution >= 0.6 is 0 Å². The standard InChI is InChI=1S/C27H27N2.C23H17N2.Ir/c1-19(2)24-17-23(21-11-7-5-8-12-21)18-25(20(3)4)26(24)29-16-15-28-27(29)22-13-9-6-10-14-22;1-15-8-7-9-16(2)22(15)21-14-24-23-19-12-4-3-10-17(19)18-11-5-6-13-20(18)25(21)23;/h5-13,15-20H,1-4H3;3-11,13-14H,1-2H3;/q2*-1;. The molecule has 3 aromatic heterocycles. The number of aromatic nitrogens is 4. The molecule has 0 unspecified atom stereocenters. The minimum absolute atomic E-state index is 0. The maximum Gasteiger partial charge on any atom is 0.0639 e. The van der Waals surface area contributed by atoms with E-state index in [1.807, 2.05) is 42.7 Å². The van der Waals surface area contributed by atoms with Gasteiger partial charge in [-0.15, -0.1) is 65.5 Å². The van der Waals surface area contributed by atoms with Crippen molar-refractivity contribution in [2.45, 2.75) is 53.4 Å². The third kappa shape index (κ3) is 7.07. The molecule has 0 aliphatic rings. The summed E-state index contributed by atoms with van der Waals surface area (Å²) in [6.45, 7) is 13.4. The number of hydrogen-bond acceptors (Lipinski definition) is 2. The van der Waals surface area contributed by atoms with E-state index in [1.165, 1.54) is 60.9 Å². The van der Waals surface area contributed by atoms with E-state index in [0.29, 0.717) is 11.8 Å². The maximum absolute atomic E-state index is 4.79. The second-order valence-corrected chi connectivity index (χ2v) is 14.6. The normalized spacial score (nSPS) is 11.3. The van der Waals surface area contributed by atoms with Crippen LogP contribution in [-0.4, -0.2) is 18.9 Å². The van der Waals surface area contributed by atoms with E-state index >= 15 is 0 Å². The number of hydrogen-bond donors (Lipinski definition) is 0. The van der Waals surface area contributed by atoms with Crippen molar-refractivity contribution >= 4 is 27.3 Å². The monoisotopic (exact) mass is 893 g/mol. The number of pyridine rings is 1. The molecule has 275 valence electrons. The molecule has 0 fully saturated rings. The zero-order valence-electron chi connectivity index (χ0n) is 32.1. The summed E-state index contributed by atoms with van der Waals surface area (Å²) in [4.78, 5) is 9.46. The Kier molecular flexibility index (Phi) is 11.0. The first-order chi connectivity index (χ1) is 26.3. The molecule has 1 radical (unpaired) electrons. The number of fused-ring (bicyclic) bond motifs is 6. The SMILES string of the molecule is CC(C)c1cc(-c2ccccc2)cc(C(C)C)c1-n1ccnc1-c1[c-]cccc1.Cc1cccc(C)c1-c1cnc2c3[c-]cccc3c3ccccc3n12.[Ir]. The molecule has 0 amide bonds.